The van der Waals surface area contributed by atoms with E-state index in [1.807, 2.05) is 0 Å². The first-order chi connectivity index (χ1) is 6.63. The average molecular weight is 244 g/mol. The Hall–Kier alpha value is -1.66. The Balaban J connectivity index is 0.000000336. The number of rotatable bonds is 1. The molecular weight excluding hydrogens is 238 g/mol. The Morgan fingerprint density at radius 1 is 1.40 bits per heavy atom. The number of aromatic nitrogens is 2. The minimum absolute atomic E-state index is 0.123. The molecule has 12 heteroatoms. The van der Waals surface area contributed by atoms with E-state index in [0.717, 1.165) is 0 Å². The summed E-state index contributed by atoms with van der Waals surface area (Å²) in [6.45, 7) is 0. The number of hydrogen-bond donors (Lipinski definition) is 4. The molecule has 0 spiro atoms. The molecular formula is C3H6ClN5O6. The lowest BCUT2D eigenvalue weighted by atomic mass is 10.5. The van der Waals surface area contributed by atoms with E-state index in [-0.39, 0.29) is 17.3 Å². The topological polar surface area (TPSA) is 213 Å². The van der Waals surface area contributed by atoms with Crippen LogP contribution in [0, 0.1) is 20.4 Å². The minimum atomic E-state index is -4.69. The van der Waals surface area contributed by atoms with Crippen molar-refractivity contribution in [3.63, 3.8) is 0 Å². The lowest BCUT2D eigenvalue weighted by Gasteiger charge is -2.03. The number of halogens is 1. The first kappa shape index (κ1) is 13.3. The van der Waals surface area contributed by atoms with Gasteiger partial charge in [-0.2, -0.15) is 14.0 Å². The summed E-state index contributed by atoms with van der Waals surface area (Å²) in [6, 6.07) is 0. The Morgan fingerprint density at radius 3 is 1.93 bits per heavy atom. The van der Waals surface area contributed by atoms with Gasteiger partial charge in [0.15, 0.2) is 0 Å². The first-order valence-corrected chi connectivity index (χ1v) is 4.26. The fourth-order valence-corrected chi connectivity index (χ4v) is 0.556. The molecule has 0 amide bonds. The average Bonchev–Trinajstić information content (AvgIpc) is 2.26. The smallest absolute Gasteiger partial charge is 0.353 e. The fourth-order valence-electron chi connectivity index (χ4n) is 0.556. The standard InChI is InChI=1S/C3H5N5O2.ClHO4/c4-2-1(8(9)10)3(5)7-6-2;2-1(3,4)5/h(H5,4,5,6,7);(H,2,3,4,5). The quantitative estimate of drug-likeness (QED) is 0.275. The van der Waals surface area contributed by atoms with Crippen molar-refractivity contribution in [3.8, 4) is 0 Å². The van der Waals surface area contributed by atoms with Gasteiger partial charge in [-0.15, -0.1) is 5.10 Å². The maximum atomic E-state index is 10.1. The van der Waals surface area contributed by atoms with Gasteiger partial charge in [0, 0.05) is 0 Å². The molecule has 0 aromatic carbocycles. The highest BCUT2D eigenvalue weighted by atomic mass is 35.7. The summed E-state index contributed by atoms with van der Waals surface area (Å²) in [5, 5.41) is 15.6. The molecule has 1 aromatic rings. The van der Waals surface area contributed by atoms with Crippen molar-refractivity contribution in [2.45, 2.75) is 0 Å². The van der Waals surface area contributed by atoms with E-state index in [4.69, 9.17) is 30.1 Å². The van der Waals surface area contributed by atoms with Crippen LogP contribution < -0.4 is 25.4 Å². The molecule has 0 atom stereocenters. The van der Waals surface area contributed by atoms with Crippen LogP contribution in [0.15, 0.2) is 0 Å². The molecule has 0 fully saturated rings. The van der Waals surface area contributed by atoms with Crippen LogP contribution in [-0.2, 0) is 0 Å². The number of hydrogen-bond acceptors (Lipinski definition) is 9. The van der Waals surface area contributed by atoms with E-state index in [1.165, 1.54) is 0 Å². The molecule has 15 heavy (non-hydrogen) atoms. The Labute approximate surface area is 83.8 Å². The first-order valence-electron chi connectivity index (χ1n) is 3.00. The highest BCUT2D eigenvalue weighted by Gasteiger charge is 2.19. The lowest BCUT2D eigenvalue weighted by molar-refractivity contribution is -1.92. The van der Waals surface area contributed by atoms with Crippen LogP contribution >= 0.6 is 0 Å². The van der Waals surface area contributed by atoms with Crippen molar-refractivity contribution in [1.29, 1.82) is 0 Å². The normalized spacial score (nSPS) is 10.4. The van der Waals surface area contributed by atoms with Gasteiger partial charge in [-0.05, 0) is 0 Å². The molecule has 0 saturated carbocycles. The summed E-state index contributed by atoms with van der Waals surface area (Å²) in [6.07, 6.45) is 0. The molecule has 0 saturated heterocycles. The Bertz CT molecular complexity index is 320. The maximum Gasteiger partial charge on any atom is 0.353 e. The molecule has 0 unspecified atom stereocenters. The lowest BCUT2D eigenvalue weighted by Crippen LogP contribution is -2.58. The van der Waals surface area contributed by atoms with Crippen LogP contribution in [0.2, 0.25) is 0 Å². The molecule has 1 aromatic heterocycles. The van der Waals surface area contributed by atoms with Gasteiger partial charge in [-0.3, -0.25) is 15.2 Å². The van der Waals surface area contributed by atoms with Gasteiger partial charge in [0.25, 0.3) is 0 Å². The minimum Gasteiger partial charge on any atom is -0.378 e. The highest BCUT2D eigenvalue weighted by Crippen LogP contribution is 2.23. The van der Waals surface area contributed by atoms with Crippen molar-refractivity contribution in [1.82, 2.24) is 10.2 Å². The molecule has 0 aliphatic carbocycles. The fraction of sp³-hybridized carbons (Fsp3) is 0. The van der Waals surface area contributed by atoms with Crippen molar-refractivity contribution in [2.24, 2.45) is 0 Å². The molecule has 0 radical (unpaired) electrons. The summed E-state index contributed by atoms with van der Waals surface area (Å²) in [4.78, 5) is 9.40. The molecule has 0 bridgehead atoms. The van der Waals surface area contributed by atoms with E-state index in [2.05, 4.69) is 10.2 Å². The Morgan fingerprint density at radius 2 is 1.80 bits per heavy atom. The Kier molecular flexibility index (Phi) is 4.20. The van der Waals surface area contributed by atoms with Gasteiger partial charge in [0.05, 0.1) is 19.8 Å². The molecule has 1 heterocycles. The zero-order chi connectivity index (χ0) is 12.2. The number of anilines is 2. The summed E-state index contributed by atoms with van der Waals surface area (Å²) in [5.74, 6) is -0.315. The van der Waals surface area contributed by atoms with Gasteiger partial charge in [0.1, 0.15) is 0 Å². The zero-order valence-corrected chi connectivity index (χ0v) is 7.67. The van der Waals surface area contributed by atoms with Gasteiger partial charge in [-0.25, -0.2) is 0 Å². The highest BCUT2D eigenvalue weighted by molar-refractivity contribution is 5.65. The SMILES string of the molecule is Nc1n[nH]c(N)c1[N+](=O)[O-].[O-][Cl+3]([O-])([O-])O. The number of nitro groups is 1. The van der Waals surface area contributed by atoms with E-state index < -0.39 is 15.2 Å². The van der Waals surface area contributed by atoms with Crippen molar-refractivity contribution >= 4 is 17.3 Å². The summed E-state index contributed by atoms with van der Waals surface area (Å²) in [7, 11) is -4.69. The monoisotopic (exact) mass is 243 g/mol. The van der Waals surface area contributed by atoms with Gasteiger partial charge < -0.3 is 11.5 Å². The van der Waals surface area contributed by atoms with E-state index in [1.54, 1.807) is 0 Å². The summed E-state index contributed by atoms with van der Waals surface area (Å²) in [5.41, 5.74) is 9.82. The number of nitrogens with two attached hydrogens (primary N) is 2. The third-order valence-electron chi connectivity index (χ3n) is 0.977. The van der Waals surface area contributed by atoms with Crippen molar-refractivity contribution in [3.05, 3.63) is 10.1 Å². The van der Waals surface area contributed by atoms with Gasteiger partial charge in [-0.1, -0.05) is 0 Å². The van der Waals surface area contributed by atoms with E-state index in [9.17, 15) is 10.1 Å². The van der Waals surface area contributed by atoms with Crippen LogP contribution in [-0.4, -0.2) is 19.8 Å². The van der Waals surface area contributed by atoms with Gasteiger partial charge in [0.2, 0.25) is 11.6 Å². The number of nitrogen functional groups attached to an aromatic ring is 2. The predicted octanol–water partition coefficient (Wildman–Crippen LogP) is -4.64. The van der Waals surface area contributed by atoms with E-state index >= 15 is 0 Å². The van der Waals surface area contributed by atoms with Gasteiger partial charge >= 0.3 is 5.69 Å². The molecule has 0 aliphatic heterocycles. The van der Waals surface area contributed by atoms with Crippen molar-refractivity contribution in [2.75, 3.05) is 11.5 Å². The number of aromatic amines is 1. The van der Waals surface area contributed by atoms with E-state index in [0.29, 0.717) is 0 Å². The van der Waals surface area contributed by atoms with Crippen LogP contribution in [0.5, 0.6) is 0 Å². The van der Waals surface area contributed by atoms with Crippen LogP contribution in [0.3, 0.4) is 0 Å². The third kappa shape index (κ3) is 5.61. The predicted molar refractivity (Wildman–Crippen MR) is 36.3 cm³/mol. The molecule has 86 valence electrons. The number of nitrogens with zero attached hydrogens (tertiary/aromatic N) is 2. The molecule has 1 rings (SSSR count). The maximum absolute atomic E-state index is 10.1. The molecule has 11 nitrogen and oxygen atoms in total. The second-order valence-corrected chi connectivity index (χ2v) is 2.82. The summed E-state index contributed by atoms with van der Waals surface area (Å²) >= 11 is 0. The number of nitrogens with one attached hydrogen (secondary N) is 1. The second kappa shape index (κ2) is 4.72. The second-order valence-electron chi connectivity index (χ2n) is 2.02. The zero-order valence-electron chi connectivity index (χ0n) is 6.92. The summed E-state index contributed by atoms with van der Waals surface area (Å²) < 4.78 is 32.7. The molecule has 6 N–H and O–H groups in total. The van der Waals surface area contributed by atoms with Crippen molar-refractivity contribution < 1.29 is 33.8 Å². The largest absolute Gasteiger partial charge is 0.378 e. The third-order valence-corrected chi connectivity index (χ3v) is 0.977. The van der Waals surface area contributed by atoms with Crippen LogP contribution in [0.4, 0.5) is 17.3 Å². The van der Waals surface area contributed by atoms with Crippen LogP contribution in [0.25, 0.3) is 0 Å². The van der Waals surface area contributed by atoms with Crippen LogP contribution in [0.1, 0.15) is 0 Å². The molecule has 0 aliphatic rings. The number of H-pyrrole nitrogens is 1.